The molecular weight excluding hydrogens is 282 g/mol. The van der Waals surface area contributed by atoms with Gasteiger partial charge in [0.1, 0.15) is 5.75 Å². The molecule has 3 atom stereocenters. The normalized spacial score (nSPS) is 27.3. The number of carboxylic acid groups (broad SMARTS) is 1. The molecule has 0 spiro atoms. The Bertz CT molecular complexity index is 569. The Kier molecular flexibility index (Phi) is 4.05. The van der Waals surface area contributed by atoms with E-state index in [1.807, 2.05) is 29.2 Å². The average Bonchev–Trinajstić information content (AvgIpc) is 2.95. The predicted octanol–water partition coefficient (Wildman–Crippen LogP) is 2.47. The van der Waals surface area contributed by atoms with Crippen LogP contribution in [0.5, 0.6) is 5.75 Å². The molecule has 0 radical (unpaired) electrons. The molecule has 22 heavy (non-hydrogen) atoms. The summed E-state index contributed by atoms with van der Waals surface area (Å²) in [6, 6.07) is 7.85. The number of nitrogens with zero attached hydrogens (tertiary/aromatic N) is 1. The number of ether oxygens (including phenoxy) is 1. The Morgan fingerprint density at radius 2 is 1.82 bits per heavy atom. The van der Waals surface area contributed by atoms with Gasteiger partial charge in [0.05, 0.1) is 25.0 Å². The lowest BCUT2D eigenvalue weighted by Gasteiger charge is -2.37. The molecule has 118 valence electrons. The maximum absolute atomic E-state index is 12.7. The quantitative estimate of drug-likeness (QED) is 0.928. The van der Waals surface area contributed by atoms with Crippen molar-refractivity contribution in [1.29, 1.82) is 0 Å². The van der Waals surface area contributed by atoms with E-state index in [0.29, 0.717) is 12.8 Å². The molecule has 1 saturated carbocycles. The van der Waals surface area contributed by atoms with Gasteiger partial charge in [0, 0.05) is 6.54 Å². The first-order valence-corrected chi connectivity index (χ1v) is 7.79. The second-order valence-electron chi connectivity index (χ2n) is 6.09. The van der Waals surface area contributed by atoms with Crippen LogP contribution in [-0.4, -0.2) is 35.5 Å². The molecule has 3 rings (SSSR count). The number of benzene rings is 1. The predicted molar refractivity (Wildman–Crippen MR) is 80.5 cm³/mol. The average molecular weight is 303 g/mol. The number of carbonyl (C=O) groups excluding carboxylic acids is 1. The molecule has 1 N–H and O–H groups in total. The first kappa shape index (κ1) is 14.9. The molecule has 1 amide bonds. The van der Waals surface area contributed by atoms with Crippen LogP contribution in [0.25, 0.3) is 0 Å². The highest BCUT2D eigenvalue weighted by atomic mass is 16.5. The van der Waals surface area contributed by atoms with Crippen LogP contribution >= 0.6 is 0 Å². The van der Waals surface area contributed by atoms with Crippen LogP contribution in [0, 0.1) is 11.8 Å². The Morgan fingerprint density at radius 1 is 1.14 bits per heavy atom. The van der Waals surface area contributed by atoms with E-state index in [1.165, 1.54) is 0 Å². The van der Waals surface area contributed by atoms with Crippen LogP contribution in [0.4, 0.5) is 0 Å². The highest BCUT2D eigenvalue weighted by Crippen LogP contribution is 2.40. The summed E-state index contributed by atoms with van der Waals surface area (Å²) >= 11 is 0. The summed E-state index contributed by atoms with van der Waals surface area (Å²) in [4.78, 5) is 25.7. The van der Waals surface area contributed by atoms with Crippen molar-refractivity contribution in [2.24, 2.45) is 11.8 Å². The van der Waals surface area contributed by atoms with E-state index in [4.69, 9.17) is 9.84 Å². The van der Waals surface area contributed by atoms with Crippen molar-refractivity contribution in [2.75, 3.05) is 13.7 Å². The number of likely N-dealkylation sites (tertiary alicyclic amines) is 1. The lowest BCUT2D eigenvalue weighted by molar-refractivity contribution is -0.157. The summed E-state index contributed by atoms with van der Waals surface area (Å²) in [5.74, 6) is -0.868. The van der Waals surface area contributed by atoms with E-state index < -0.39 is 11.9 Å². The van der Waals surface area contributed by atoms with Gasteiger partial charge in [0.25, 0.3) is 0 Å². The summed E-state index contributed by atoms with van der Waals surface area (Å²) in [7, 11) is 1.63. The van der Waals surface area contributed by atoms with Gasteiger partial charge in [-0.3, -0.25) is 9.59 Å². The Labute approximate surface area is 129 Å². The van der Waals surface area contributed by atoms with Crippen LogP contribution in [0.3, 0.4) is 0 Å². The zero-order chi connectivity index (χ0) is 15.7. The fourth-order valence-corrected chi connectivity index (χ4v) is 3.51. The third-order valence-electron chi connectivity index (χ3n) is 4.95. The van der Waals surface area contributed by atoms with Crippen LogP contribution in [0.1, 0.15) is 37.3 Å². The maximum Gasteiger partial charge on any atom is 0.307 e. The van der Waals surface area contributed by atoms with Crippen molar-refractivity contribution in [3.8, 4) is 5.75 Å². The number of aliphatic carboxylic acids is 1. The van der Waals surface area contributed by atoms with Crippen molar-refractivity contribution in [3.63, 3.8) is 0 Å². The lowest BCUT2D eigenvalue weighted by Crippen LogP contribution is -2.45. The van der Waals surface area contributed by atoms with E-state index in [0.717, 1.165) is 30.7 Å². The molecule has 2 fully saturated rings. The summed E-state index contributed by atoms with van der Waals surface area (Å²) in [6.45, 7) is 0.721. The molecule has 2 aliphatic rings. The molecule has 0 aromatic heterocycles. The Balaban J connectivity index is 1.75. The standard InChI is InChI=1S/C17H21NO4/c1-22-12-6-4-11(5-7-12)15-3-2-10-18(15)16(19)13-8-9-14(13)17(20)21/h4-7,13-15H,2-3,8-10H2,1H3,(H,20,21). The minimum absolute atomic E-state index is 0.0111. The van der Waals surface area contributed by atoms with Crippen molar-refractivity contribution in [2.45, 2.75) is 31.7 Å². The number of carboxylic acids is 1. The molecule has 1 aromatic rings. The van der Waals surface area contributed by atoms with Gasteiger partial charge in [-0.1, -0.05) is 12.1 Å². The third kappa shape index (κ3) is 2.56. The Morgan fingerprint density at radius 3 is 2.36 bits per heavy atom. The lowest BCUT2D eigenvalue weighted by atomic mass is 9.72. The summed E-state index contributed by atoms with van der Waals surface area (Å²) < 4.78 is 5.17. The van der Waals surface area contributed by atoms with Gasteiger partial charge in [-0.15, -0.1) is 0 Å². The summed E-state index contributed by atoms with van der Waals surface area (Å²) in [5.41, 5.74) is 1.10. The molecule has 5 heteroatoms. The third-order valence-corrected chi connectivity index (χ3v) is 4.95. The van der Waals surface area contributed by atoms with E-state index in [1.54, 1.807) is 7.11 Å². The molecule has 1 aromatic carbocycles. The zero-order valence-corrected chi connectivity index (χ0v) is 12.7. The van der Waals surface area contributed by atoms with Gasteiger partial charge >= 0.3 is 5.97 Å². The summed E-state index contributed by atoms with van der Waals surface area (Å²) in [6.07, 6.45) is 3.21. The molecular formula is C17H21NO4. The van der Waals surface area contributed by atoms with Crippen LogP contribution in [0.15, 0.2) is 24.3 Å². The molecule has 1 heterocycles. The fourth-order valence-electron chi connectivity index (χ4n) is 3.51. The van der Waals surface area contributed by atoms with E-state index in [9.17, 15) is 9.59 Å². The van der Waals surface area contributed by atoms with Gasteiger partial charge in [0.15, 0.2) is 0 Å². The molecule has 0 bridgehead atoms. The minimum Gasteiger partial charge on any atom is -0.497 e. The zero-order valence-electron chi connectivity index (χ0n) is 12.7. The van der Waals surface area contributed by atoms with Crippen molar-refractivity contribution in [3.05, 3.63) is 29.8 Å². The topological polar surface area (TPSA) is 66.8 Å². The van der Waals surface area contributed by atoms with Crippen LogP contribution in [0.2, 0.25) is 0 Å². The van der Waals surface area contributed by atoms with E-state index in [-0.39, 0.29) is 17.9 Å². The first-order valence-electron chi connectivity index (χ1n) is 7.79. The number of hydrogen-bond donors (Lipinski definition) is 1. The van der Waals surface area contributed by atoms with Crippen molar-refractivity contribution >= 4 is 11.9 Å². The van der Waals surface area contributed by atoms with Crippen molar-refractivity contribution < 1.29 is 19.4 Å². The van der Waals surface area contributed by atoms with Crippen LogP contribution < -0.4 is 4.74 Å². The minimum atomic E-state index is -0.843. The highest BCUT2D eigenvalue weighted by molar-refractivity contribution is 5.86. The van der Waals surface area contributed by atoms with Crippen LogP contribution in [-0.2, 0) is 9.59 Å². The van der Waals surface area contributed by atoms with Gasteiger partial charge in [-0.25, -0.2) is 0 Å². The molecule has 1 aliphatic heterocycles. The monoisotopic (exact) mass is 303 g/mol. The molecule has 1 aliphatic carbocycles. The van der Waals surface area contributed by atoms with Gasteiger partial charge < -0.3 is 14.7 Å². The van der Waals surface area contributed by atoms with E-state index in [2.05, 4.69) is 0 Å². The first-order chi connectivity index (χ1) is 10.6. The second-order valence-corrected chi connectivity index (χ2v) is 6.09. The smallest absolute Gasteiger partial charge is 0.307 e. The van der Waals surface area contributed by atoms with Gasteiger partial charge in [-0.05, 0) is 43.4 Å². The van der Waals surface area contributed by atoms with Gasteiger partial charge in [0.2, 0.25) is 5.91 Å². The molecule has 5 nitrogen and oxygen atoms in total. The summed E-state index contributed by atoms with van der Waals surface area (Å²) in [5, 5.41) is 9.15. The van der Waals surface area contributed by atoms with Gasteiger partial charge in [-0.2, -0.15) is 0 Å². The number of amides is 1. The maximum atomic E-state index is 12.7. The Hall–Kier alpha value is -2.04. The number of carbonyl (C=O) groups is 2. The van der Waals surface area contributed by atoms with E-state index >= 15 is 0 Å². The largest absolute Gasteiger partial charge is 0.497 e. The fraction of sp³-hybridized carbons (Fsp3) is 0.529. The second kappa shape index (κ2) is 5.99. The number of rotatable bonds is 4. The van der Waals surface area contributed by atoms with Crippen molar-refractivity contribution in [1.82, 2.24) is 4.90 Å². The SMILES string of the molecule is COc1ccc(C2CCCN2C(=O)C2CCC2C(=O)O)cc1. The molecule has 3 unspecified atom stereocenters. The highest BCUT2D eigenvalue weighted by Gasteiger charge is 2.45. The number of methoxy groups -OCH3 is 1. The molecule has 1 saturated heterocycles. The number of hydrogen-bond acceptors (Lipinski definition) is 3.